The Morgan fingerprint density at radius 2 is 1.78 bits per heavy atom. The van der Waals surface area contributed by atoms with Gasteiger partial charge in [0.2, 0.25) is 11.8 Å². The lowest BCUT2D eigenvalue weighted by Gasteiger charge is -2.09. The lowest BCUT2D eigenvalue weighted by atomic mass is 10.2. The first-order chi connectivity index (χ1) is 8.28. The fraction of sp³-hybridized carbons (Fsp3) is 0.800. The molecule has 0 saturated heterocycles. The number of alkyl halides is 1. The number of carbonyl (C=O) groups excluding carboxylic acids is 2. The molecule has 0 unspecified atom stereocenters. The van der Waals surface area contributed by atoms with Crippen LogP contribution in [0.25, 0.3) is 0 Å². The molecule has 0 fully saturated rings. The van der Waals surface area contributed by atoms with E-state index in [2.05, 4.69) is 10.6 Å². The van der Waals surface area contributed by atoms with Gasteiger partial charge in [0.05, 0.1) is 18.2 Å². The number of amides is 2. The first-order valence-electron chi connectivity index (χ1n) is 5.59. The second-order valence-electron chi connectivity index (χ2n) is 4.06. The predicted octanol–water partition coefficient (Wildman–Crippen LogP) is -0.124. The number of hydrogen-bond acceptors (Lipinski definition) is 4. The van der Waals surface area contributed by atoms with Crippen molar-refractivity contribution in [3.8, 4) is 0 Å². The number of halogens is 1. The fourth-order valence-corrected chi connectivity index (χ4v) is 2.63. The topological polar surface area (TPSA) is 92.3 Å². The zero-order valence-electron chi connectivity index (χ0n) is 10.5. The van der Waals surface area contributed by atoms with E-state index < -0.39 is 15.7 Å². The molecule has 0 aromatic heterocycles. The van der Waals surface area contributed by atoms with Gasteiger partial charge in [-0.25, -0.2) is 8.42 Å². The fourth-order valence-electron chi connectivity index (χ4n) is 0.990. The van der Waals surface area contributed by atoms with Gasteiger partial charge in [0.1, 0.15) is 0 Å². The molecule has 18 heavy (non-hydrogen) atoms. The van der Waals surface area contributed by atoms with E-state index in [9.17, 15) is 18.0 Å². The Morgan fingerprint density at radius 3 is 2.28 bits per heavy atom. The summed E-state index contributed by atoms with van der Waals surface area (Å²) in [5.74, 6) is -1.10. The lowest BCUT2D eigenvalue weighted by Crippen LogP contribution is -2.39. The second-order valence-corrected chi connectivity index (χ2v) is 6.74. The van der Waals surface area contributed by atoms with E-state index in [1.54, 1.807) is 13.8 Å². The molecule has 0 aromatic carbocycles. The van der Waals surface area contributed by atoms with Gasteiger partial charge in [-0.2, -0.15) is 0 Å². The summed E-state index contributed by atoms with van der Waals surface area (Å²) in [6.45, 7) is 3.47. The molecule has 6 nitrogen and oxygen atoms in total. The van der Waals surface area contributed by atoms with Crippen LogP contribution < -0.4 is 10.6 Å². The van der Waals surface area contributed by atoms with E-state index >= 15 is 0 Å². The molecule has 0 spiro atoms. The normalized spacial score (nSPS) is 11.3. The predicted molar refractivity (Wildman–Crippen MR) is 70.0 cm³/mol. The number of carbonyl (C=O) groups is 2. The summed E-state index contributed by atoms with van der Waals surface area (Å²) in [6.07, 6.45) is -0.128. The molecule has 106 valence electrons. The Bertz CT molecular complexity index is 381. The second kappa shape index (κ2) is 8.31. The minimum absolute atomic E-state index is 0.00536. The van der Waals surface area contributed by atoms with Crippen LogP contribution >= 0.6 is 11.6 Å². The van der Waals surface area contributed by atoms with Crippen LogP contribution in [0, 0.1) is 5.92 Å². The number of rotatable bonds is 8. The molecule has 0 bridgehead atoms. The van der Waals surface area contributed by atoms with Crippen molar-refractivity contribution in [3.63, 3.8) is 0 Å². The Labute approximate surface area is 112 Å². The van der Waals surface area contributed by atoms with Crippen molar-refractivity contribution in [1.29, 1.82) is 0 Å². The summed E-state index contributed by atoms with van der Waals surface area (Å²) in [5.41, 5.74) is 0. The smallest absolute Gasteiger partial charge is 0.223 e. The summed E-state index contributed by atoms with van der Waals surface area (Å²) >= 11 is 5.32. The lowest BCUT2D eigenvalue weighted by molar-refractivity contribution is -0.124. The molecule has 0 saturated carbocycles. The highest BCUT2D eigenvalue weighted by atomic mass is 35.5. The summed E-state index contributed by atoms with van der Waals surface area (Å²) in [6, 6.07) is 0. The monoisotopic (exact) mass is 298 g/mol. The van der Waals surface area contributed by atoms with Crippen LogP contribution in [0.15, 0.2) is 0 Å². The van der Waals surface area contributed by atoms with Crippen molar-refractivity contribution in [2.75, 3.05) is 24.1 Å². The number of sulfone groups is 1. The van der Waals surface area contributed by atoms with Crippen LogP contribution in [0.1, 0.15) is 20.3 Å². The van der Waals surface area contributed by atoms with Crippen molar-refractivity contribution in [1.82, 2.24) is 10.6 Å². The van der Waals surface area contributed by atoms with Crippen LogP contribution in [0.5, 0.6) is 0 Å². The van der Waals surface area contributed by atoms with Crippen molar-refractivity contribution < 1.29 is 18.0 Å². The van der Waals surface area contributed by atoms with Gasteiger partial charge in [-0.3, -0.25) is 9.59 Å². The quantitative estimate of drug-likeness (QED) is 0.482. The van der Waals surface area contributed by atoms with E-state index in [4.69, 9.17) is 11.6 Å². The van der Waals surface area contributed by atoms with E-state index in [1.807, 2.05) is 0 Å². The Morgan fingerprint density at radius 1 is 1.17 bits per heavy atom. The third-order valence-corrected chi connectivity index (χ3v) is 4.17. The van der Waals surface area contributed by atoms with E-state index in [1.165, 1.54) is 0 Å². The molecule has 0 rings (SSSR count). The molecule has 0 atom stereocenters. The van der Waals surface area contributed by atoms with Gasteiger partial charge in [0.25, 0.3) is 0 Å². The molecular weight excluding hydrogens is 280 g/mol. The molecule has 8 heteroatoms. The summed E-state index contributed by atoms with van der Waals surface area (Å²) in [4.78, 5) is 22.4. The highest BCUT2D eigenvalue weighted by Gasteiger charge is 2.13. The minimum Gasteiger partial charge on any atom is -0.339 e. The van der Waals surface area contributed by atoms with E-state index in [0.717, 1.165) is 0 Å². The molecule has 0 aliphatic heterocycles. The van der Waals surface area contributed by atoms with Crippen LogP contribution in [-0.2, 0) is 19.4 Å². The van der Waals surface area contributed by atoms with Gasteiger partial charge in [0, 0.05) is 18.2 Å². The molecule has 0 radical (unpaired) electrons. The summed E-state index contributed by atoms with van der Waals surface area (Å²) in [7, 11) is -3.26. The largest absolute Gasteiger partial charge is 0.339 e. The Hall–Kier alpha value is -0.820. The van der Waals surface area contributed by atoms with Crippen molar-refractivity contribution in [3.05, 3.63) is 0 Å². The average molecular weight is 299 g/mol. The Kier molecular flexibility index (Phi) is 7.93. The zero-order chi connectivity index (χ0) is 14.2. The maximum Gasteiger partial charge on any atom is 0.223 e. The van der Waals surface area contributed by atoms with Crippen molar-refractivity contribution >= 4 is 33.3 Å². The highest BCUT2D eigenvalue weighted by molar-refractivity contribution is 7.91. The third-order valence-electron chi connectivity index (χ3n) is 2.10. The number of nitrogens with one attached hydrogen (secondary N) is 2. The average Bonchev–Trinajstić information content (AvgIpc) is 2.26. The van der Waals surface area contributed by atoms with Gasteiger partial charge in [0.15, 0.2) is 9.84 Å². The summed E-state index contributed by atoms with van der Waals surface area (Å²) in [5, 5.41) is 4.91. The van der Waals surface area contributed by atoms with Crippen molar-refractivity contribution in [2.45, 2.75) is 20.3 Å². The van der Waals surface area contributed by atoms with Crippen molar-refractivity contribution in [2.24, 2.45) is 5.92 Å². The van der Waals surface area contributed by atoms with Gasteiger partial charge < -0.3 is 10.6 Å². The minimum atomic E-state index is -3.26. The molecular formula is C10H19ClN2O4S. The highest BCUT2D eigenvalue weighted by Crippen LogP contribution is 1.95. The number of hydrogen-bond donors (Lipinski definition) is 2. The maximum absolute atomic E-state index is 11.3. The third kappa shape index (κ3) is 8.30. The van der Waals surface area contributed by atoms with Gasteiger partial charge in [-0.1, -0.05) is 13.8 Å². The van der Waals surface area contributed by atoms with Crippen LogP contribution in [0.3, 0.4) is 0 Å². The molecule has 0 aliphatic rings. The molecule has 2 N–H and O–H groups in total. The van der Waals surface area contributed by atoms with Crippen LogP contribution in [0.4, 0.5) is 0 Å². The summed E-state index contributed by atoms with van der Waals surface area (Å²) < 4.78 is 22.5. The zero-order valence-corrected chi connectivity index (χ0v) is 12.1. The molecule has 2 amide bonds. The standard InChI is InChI=1S/C10H19ClN2O4S/c1-8(2)10(15)13-7-12-9(14)3-5-18(16,17)6-4-11/h8H,3-7H2,1-2H3,(H,12,14)(H,13,15). The maximum atomic E-state index is 11.3. The molecule has 0 aliphatic carbocycles. The van der Waals surface area contributed by atoms with E-state index in [0.29, 0.717) is 0 Å². The molecule has 0 heterocycles. The van der Waals surface area contributed by atoms with Crippen LogP contribution in [-0.4, -0.2) is 44.3 Å². The molecule has 0 aromatic rings. The Balaban J connectivity index is 3.83. The first kappa shape index (κ1) is 17.2. The first-order valence-corrected chi connectivity index (χ1v) is 7.95. The van der Waals surface area contributed by atoms with Gasteiger partial charge >= 0.3 is 0 Å². The van der Waals surface area contributed by atoms with Gasteiger partial charge in [-0.05, 0) is 0 Å². The van der Waals surface area contributed by atoms with E-state index in [-0.39, 0.29) is 42.3 Å². The SMILES string of the molecule is CC(C)C(=O)NCNC(=O)CCS(=O)(=O)CCCl. The van der Waals surface area contributed by atoms with Crippen LogP contribution in [0.2, 0.25) is 0 Å². The van der Waals surface area contributed by atoms with Gasteiger partial charge in [-0.15, -0.1) is 11.6 Å².